The number of nitrogens with zero attached hydrogens (tertiary/aromatic N) is 4. The SMILES string of the molecule is COc1c(CN2O[C@@H](CO)[C@H]([C@H](C)O)[C@H]2C(=O)N[C@H]2C[C@H]3C[C@@H]([C@@H]2C)C3(C)C)cccc1-c1cc(C(=O)N[C@@H](CC(C)(C)C)C[N+](C)(C)[BH2-]C#N)cc(N(C)C)c1. The van der Waals surface area contributed by atoms with Crippen LogP contribution in [-0.4, -0.2) is 118 Å². The van der Waals surface area contributed by atoms with Crippen LogP contribution in [-0.2, 0) is 16.2 Å². The molecule has 0 radical (unpaired) electrons. The van der Waals surface area contributed by atoms with Gasteiger partial charge in [0.25, 0.3) is 13.3 Å². The first-order chi connectivity index (χ1) is 26.6. The van der Waals surface area contributed by atoms with Crippen LogP contribution in [0.2, 0.25) is 0 Å². The second kappa shape index (κ2) is 17.3. The molecule has 2 bridgehead atoms. The lowest BCUT2D eigenvalue weighted by molar-refractivity contribution is -0.779. The number of para-hydroxylation sites is 1. The van der Waals surface area contributed by atoms with Crippen LogP contribution in [0.15, 0.2) is 36.4 Å². The normalized spacial score (nSPS) is 26.8. The van der Waals surface area contributed by atoms with Crippen molar-refractivity contribution in [2.75, 3.05) is 53.4 Å². The molecule has 3 aliphatic carbocycles. The third kappa shape index (κ3) is 9.80. The molecule has 2 aromatic rings. The van der Waals surface area contributed by atoms with Crippen molar-refractivity contribution >= 4 is 24.9 Å². The molecule has 0 spiro atoms. The van der Waals surface area contributed by atoms with Gasteiger partial charge in [0.05, 0.1) is 39.0 Å². The number of aliphatic hydroxyl groups is 2. The second-order valence-corrected chi connectivity index (χ2v) is 20.3. The maximum absolute atomic E-state index is 14.3. The highest BCUT2D eigenvalue weighted by Crippen LogP contribution is 2.61. The lowest BCUT2D eigenvalue weighted by Gasteiger charge is -2.62. The van der Waals surface area contributed by atoms with Gasteiger partial charge in [-0.15, -0.1) is 0 Å². The molecule has 57 heavy (non-hydrogen) atoms. The Morgan fingerprint density at radius 1 is 1.19 bits per heavy atom. The molecule has 6 rings (SSSR count). The van der Waals surface area contributed by atoms with Crippen molar-refractivity contribution in [3.8, 4) is 22.8 Å². The maximum Gasteiger partial charge on any atom is 0.281 e. The largest absolute Gasteiger partial charge is 0.512 e. The first-order valence-corrected chi connectivity index (χ1v) is 20.9. The van der Waals surface area contributed by atoms with Gasteiger partial charge < -0.3 is 34.9 Å². The van der Waals surface area contributed by atoms with Gasteiger partial charge in [0.1, 0.15) is 17.9 Å². The van der Waals surface area contributed by atoms with Gasteiger partial charge in [0.2, 0.25) is 5.91 Å². The highest BCUT2D eigenvalue weighted by atomic mass is 16.7. The van der Waals surface area contributed by atoms with Gasteiger partial charge in [0, 0.05) is 62.5 Å². The molecule has 12 nitrogen and oxygen atoms in total. The van der Waals surface area contributed by atoms with E-state index in [1.165, 1.54) is 6.42 Å². The number of hydrogen-bond donors (Lipinski definition) is 4. The zero-order chi connectivity index (χ0) is 42.2. The molecule has 4 fully saturated rings. The van der Waals surface area contributed by atoms with Crippen molar-refractivity contribution in [3.05, 3.63) is 47.5 Å². The van der Waals surface area contributed by atoms with Crippen molar-refractivity contribution in [2.24, 2.45) is 34.5 Å². The zero-order valence-electron chi connectivity index (χ0n) is 36.7. The van der Waals surface area contributed by atoms with E-state index in [0.29, 0.717) is 40.0 Å². The molecule has 1 heterocycles. The maximum atomic E-state index is 14.3. The van der Waals surface area contributed by atoms with E-state index >= 15 is 0 Å². The number of quaternary nitrogens is 1. The lowest BCUT2D eigenvalue weighted by Crippen LogP contribution is -2.62. The fourth-order valence-electron chi connectivity index (χ4n) is 10.2. The number of benzene rings is 2. The average Bonchev–Trinajstić information content (AvgIpc) is 3.49. The number of nitriles is 1. The number of hydroxylamine groups is 2. The molecule has 1 saturated heterocycles. The highest BCUT2D eigenvalue weighted by Gasteiger charge is 2.57. The lowest BCUT2D eigenvalue weighted by atomic mass is 9.45. The number of anilines is 1. The van der Waals surface area contributed by atoms with E-state index in [1.807, 2.05) is 55.4 Å². The Kier molecular flexibility index (Phi) is 13.5. The molecule has 0 unspecified atom stereocenters. The van der Waals surface area contributed by atoms with Crippen LogP contribution < -0.4 is 20.3 Å². The molecular weight excluding hydrogens is 719 g/mol. The molecule has 1 aliphatic heterocycles. The van der Waals surface area contributed by atoms with Gasteiger partial charge in [-0.2, -0.15) is 5.06 Å². The molecule has 0 aromatic heterocycles. The summed E-state index contributed by atoms with van der Waals surface area (Å²) in [4.78, 5) is 36.7. The summed E-state index contributed by atoms with van der Waals surface area (Å²) in [5.41, 5.74) is 3.88. The summed E-state index contributed by atoms with van der Waals surface area (Å²) in [6.07, 6.45) is 1.20. The smallest absolute Gasteiger partial charge is 0.281 e. The van der Waals surface area contributed by atoms with Crippen LogP contribution in [0, 0.1) is 45.7 Å². The number of aliphatic hydroxyl groups excluding tert-OH is 2. The third-order valence-electron chi connectivity index (χ3n) is 13.4. The van der Waals surface area contributed by atoms with E-state index in [1.54, 1.807) is 19.1 Å². The summed E-state index contributed by atoms with van der Waals surface area (Å²) in [6.45, 7) is 15.5. The Balaban J connectivity index is 1.46. The van der Waals surface area contributed by atoms with Crippen LogP contribution in [0.3, 0.4) is 0 Å². The summed E-state index contributed by atoms with van der Waals surface area (Å²) in [5.74, 6) is 3.36. The van der Waals surface area contributed by atoms with E-state index in [9.17, 15) is 25.1 Å². The Hall–Kier alpha value is -3.67. The molecule has 4 aliphatic rings. The van der Waals surface area contributed by atoms with Gasteiger partial charge in [-0.05, 0) is 78.5 Å². The molecule has 3 saturated carbocycles. The van der Waals surface area contributed by atoms with E-state index in [0.717, 1.165) is 35.2 Å². The average molecular weight is 789 g/mol. The van der Waals surface area contributed by atoms with E-state index in [4.69, 9.17) is 9.57 Å². The Morgan fingerprint density at radius 2 is 1.89 bits per heavy atom. The van der Waals surface area contributed by atoms with Crippen LogP contribution in [0.4, 0.5) is 5.69 Å². The number of likely N-dealkylation sites (N-methyl/N-ethyl adjacent to an activating group) is 1. The van der Waals surface area contributed by atoms with E-state index in [-0.39, 0.29) is 47.9 Å². The number of nitrogens with one attached hydrogen (secondary N) is 2. The van der Waals surface area contributed by atoms with Crippen LogP contribution >= 0.6 is 0 Å². The van der Waals surface area contributed by atoms with Crippen molar-refractivity contribution in [3.63, 3.8) is 0 Å². The number of ether oxygens (including phenoxy) is 1. The Bertz CT molecular complexity index is 1800. The quantitative estimate of drug-likeness (QED) is 0.195. The summed E-state index contributed by atoms with van der Waals surface area (Å²) >= 11 is 0. The standard InChI is InChI=1S/C44H69BN6O6/c1-26-35-19-31(44(35,6)7)20-36(26)48-42(55)39-38(27(2)53)37(24-52)57-50(39)22-28-14-13-15-34(40(28)56-12)29-16-30(18-33(17-29)49(8)9)41(54)47-32(21-43(3,4)5)23-51(10,11)45-25-46/h13-18,26-27,31-32,35-39,52-53H,19-24,45H2,1-12H3,(H,47,54)(H,48,55)/t26-,27-,31+,32-,35-,36-,37-,38-,39-/m0/s1. The number of carbonyl (C=O) groups is 2. The minimum atomic E-state index is -0.910. The monoisotopic (exact) mass is 789 g/mol. The number of amides is 2. The van der Waals surface area contributed by atoms with Gasteiger partial charge in [0.15, 0.2) is 0 Å². The number of rotatable bonds is 15. The number of fused-ring (bicyclic) bond motifs is 2. The molecule has 2 amide bonds. The van der Waals surface area contributed by atoms with Crippen LogP contribution in [0.5, 0.6) is 5.75 Å². The predicted octanol–water partition coefficient (Wildman–Crippen LogP) is 4.26. The van der Waals surface area contributed by atoms with E-state index in [2.05, 4.69) is 72.2 Å². The fourth-order valence-corrected chi connectivity index (χ4v) is 10.2. The molecule has 13 heteroatoms. The highest BCUT2D eigenvalue weighted by molar-refractivity contribution is 6.36. The summed E-state index contributed by atoms with van der Waals surface area (Å²) in [6, 6.07) is 10.6. The van der Waals surface area contributed by atoms with Crippen molar-refractivity contribution in [1.82, 2.24) is 15.7 Å². The predicted molar refractivity (Wildman–Crippen MR) is 227 cm³/mol. The van der Waals surface area contributed by atoms with Gasteiger partial charge in [-0.1, -0.05) is 65.7 Å². The Labute approximate surface area is 341 Å². The number of hydrogen-bond acceptors (Lipinski definition) is 9. The van der Waals surface area contributed by atoms with Crippen molar-refractivity contribution < 1.29 is 33.8 Å². The van der Waals surface area contributed by atoms with Crippen molar-refractivity contribution in [1.29, 1.82) is 5.26 Å². The van der Waals surface area contributed by atoms with Gasteiger partial charge in [-0.3, -0.25) is 14.4 Å². The molecule has 4 N–H and O–H groups in total. The van der Waals surface area contributed by atoms with Gasteiger partial charge in [-0.25, -0.2) is 5.26 Å². The van der Waals surface area contributed by atoms with Crippen molar-refractivity contribution in [2.45, 2.75) is 105 Å². The summed E-state index contributed by atoms with van der Waals surface area (Å²) in [7, 11) is 8.70. The van der Waals surface area contributed by atoms with Gasteiger partial charge >= 0.3 is 0 Å². The fraction of sp³-hybridized carbons (Fsp3) is 0.659. The summed E-state index contributed by atoms with van der Waals surface area (Å²) in [5, 5.41) is 39.2. The molecule has 314 valence electrons. The zero-order valence-corrected chi connectivity index (χ0v) is 36.7. The van der Waals surface area contributed by atoms with Crippen LogP contribution in [0.1, 0.15) is 83.7 Å². The number of methoxy groups -OCH3 is 1. The topological polar surface area (TPSA) is 147 Å². The van der Waals surface area contributed by atoms with E-state index < -0.39 is 31.6 Å². The number of carbonyl (C=O) groups excluding carboxylic acids is 2. The second-order valence-electron chi connectivity index (χ2n) is 20.3. The summed E-state index contributed by atoms with van der Waals surface area (Å²) < 4.78 is 6.70. The first-order valence-electron chi connectivity index (χ1n) is 20.9. The minimum Gasteiger partial charge on any atom is -0.512 e. The third-order valence-corrected chi connectivity index (χ3v) is 13.4. The minimum absolute atomic E-state index is 0.0284. The molecule has 2 aromatic carbocycles. The molecule has 9 atom stereocenters. The van der Waals surface area contributed by atoms with Crippen LogP contribution in [0.25, 0.3) is 11.1 Å². The first kappa shape index (κ1) is 44.4. The Morgan fingerprint density at radius 3 is 2.46 bits per heavy atom. The molecular formula is C44H69BN6O6.